The summed E-state index contributed by atoms with van der Waals surface area (Å²) in [6.45, 7) is 1.48. The number of amides is 3. The van der Waals surface area contributed by atoms with Crippen molar-refractivity contribution in [1.82, 2.24) is 10.2 Å². The number of benzene rings is 1. The van der Waals surface area contributed by atoms with E-state index in [0.29, 0.717) is 10.8 Å². The molecule has 2 rings (SSSR count). The van der Waals surface area contributed by atoms with Crippen LogP contribution in [0.25, 0.3) is 0 Å². The molecule has 0 saturated carbocycles. The second kappa shape index (κ2) is 6.11. The Labute approximate surface area is 121 Å². The van der Waals surface area contributed by atoms with E-state index in [1.54, 1.807) is 31.2 Å². The molecule has 0 aromatic heterocycles. The molecule has 1 aliphatic rings. The number of carbonyl (C=O) groups is 2. The predicted octanol–water partition coefficient (Wildman–Crippen LogP) is 1.02. The minimum Gasteiger partial charge on any atom is -0.491 e. The summed E-state index contributed by atoms with van der Waals surface area (Å²) in [5.74, 6) is 0.208. The highest BCUT2D eigenvalue weighted by Crippen LogP contribution is 2.16. The number of aliphatic hydroxyl groups excluding tert-OH is 1. The fourth-order valence-corrected chi connectivity index (χ4v) is 1.94. The molecular weight excluding hydrogens is 284 g/mol. The van der Waals surface area contributed by atoms with Crippen molar-refractivity contribution >= 4 is 23.5 Å². The van der Waals surface area contributed by atoms with Crippen molar-refractivity contribution in [3.63, 3.8) is 0 Å². The second-order valence-electron chi connectivity index (χ2n) is 4.54. The smallest absolute Gasteiger partial charge is 0.324 e. The summed E-state index contributed by atoms with van der Waals surface area (Å²) in [6.07, 6.45) is -0.953. The van der Waals surface area contributed by atoms with Gasteiger partial charge in [-0.2, -0.15) is 0 Å². The molecule has 1 aromatic rings. The van der Waals surface area contributed by atoms with Crippen LogP contribution in [0.5, 0.6) is 5.75 Å². The van der Waals surface area contributed by atoms with Crippen LogP contribution in [0.15, 0.2) is 24.3 Å². The van der Waals surface area contributed by atoms with Crippen molar-refractivity contribution in [2.45, 2.75) is 19.1 Å². The number of aliphatic hydroxyl groups is 1. The van der Waals surface area contributed by atoms with Crippen LogP contribution in [0, 0.1) is 0 Å². The van der Waals surface area contributed by atoms with E-state index >= 15 is 0 Å². The van der Waals surface area contributed by atoms with Crippen molar-refractivity contribution in [1.29, 1.82) is 0 Å². The van der Waals surface area contributed by atoms with E-state index in [4.69, 9.17) is 16.3 Å². The molecule has 3 amide bonds. The number of nitrogens with zero attached hydrogens (tertiary/aromatic N) is 1. The van der Waals surface area contributed by atoms with Crippen LogP contribution in [0.3, 0.4) is 0 Å². The molecule has 1 aromatic carbocycles. The average Bonchev–Trinajstić information content (AvgIpc) is 2.65. The number of rotatable bonds is 5. The fourth-order valence-electron chi connectivity index (χ4n) is 1.82. The summed E-state index contributed by atoms with van der Waals surface area (Å²) in [7, 11) is 0. The van der Waals surface area contributed by atoms with Gasteiger partial charge in [0.05, 0.1) is 6.54 Å². The molecule has 1 saturated heterocycles. The number of carbonyl (C=O) groups excluding carboxylic acids is 2. The molecule has 0 bridgehead atoms. The molecule has 6 nitrogen and oxygen atoms in total. The Morgan fingerprint density at radius 1 is 1.40 bits per heavy atom. The van der Waals surface area contributed by atoms with E-state index in [9.17, 15) is 14.7 Å². The summed E-state index contributed by atoms with van der Waals surface area (Å²) in [6, 6.07) is 5.64. The van der Waals surface area contributed by atoms with Gasteiger partial charge in [0.1, 0.15) is 24.5 Å². The van der Waals surface area contributed by atoms with Gasteiger partial charge >= 0.3 is 6.03 Å². The number of β-amino-alcohol motifs (C(OH)–C–C–N with tert-alkyl or cyclic N) is 1. The third kappa shape index (κ3) is 3.40. The van der Waals surface area contributed by atoms with Crippen LogP contribution in [0.2, 0.25) is 5.02 Å². The molecule has 2 atom stereocenters. The SMILES string of the molecule is CC1NC(=O)N(CC(O)COc2ccc(Cl)cc2)C1=O. The Hall–Kier alpha value is -1.79. The average molecular weight is 299 g/mol. The molecule has 0 radical (unpaired) electrons. The van der Waals surface area contributed by atoms with Crippen LogP contribution in [0.4, 0.5) is 4.79 Å². The van der Waals surface area contributed by atoms with Crippen LogP contribution >= 0.6 is 11.6 Å². The van der Waals surface area contributed by atoms with Gasteiger partial charge in [0.15, 0.2) is 0 Å². The first-order valence-corrected chi connectivity index (χ1v) is 6.53. The molecule has 7 heteroatoms. The summed E-state index contributed by atoms with van der Waals surface area (Å²) < 4.78 is 5.35. The summed E-state index contributed by atoms with van der Waals surface area (Å²) in [4.78, 5) is 24.1. The number of urea groups is 1. The highest BCUT2D eigenvalue weighted by Gasteiger charge is 2.35. The minimum absolute atomic E-state index is 0.0208. The van der Waals surface area contributed by atoms with Gasteiger partial charge in [-0.1, -0.05) is 11.6 Å². The zero-order valence-electron chi connectivity index (χ0n) is 10.9. The lowest BCUT2D eigenvalue weighted by Crippen LogP contribution is -2.40. The molecular formula is C13H15ClN2O4. The molecule has 1 fully saturated rings. The first kappa shape index (κ1) is 14.6. The molecule has 108 valence electrons. The molecule has 0 aliphatic carbocycles. The Morgan fingerprint density at radius 3 is 2.60 bits per heavy atom. The lowest BCUT2D eigenvalue weighted by atomic mass is 10.3. The Morgan fingerprint density at radius 2 is 2.05 bits per heavy atom. The van der Waals surface area contributed by atoms with Gasteiger partial charge in [-0.25, -0.2) is 4.79 Å². The van der Waals surface area contributed by atoms with E-state index in [-0.39, 0.29) is 19.1 Å². The van der Waals surface area contributed by atoms with E-state index in [1.165, 1.54) is 0 Å². The molecule has 2 N–H and O–H groups in total. The van der Waals surface area contributed by atoms with Crippen LogP contribution in [-0.2, 0) is 4.79 Å². The number of hydrogen-bond donors (Lipinski definition) is 2. The van der Waals surface area contributed by atoms with E-state index in [2.05, 4.69) is 5.32 Å². The molecule has 1 heterocycles. The van der Waals surface area contributed by atoms with Gasteiger partial charge in [-0.05, 0) is 31.2 Å². The van der Waals surface area contributed by atoms with Gasteiger partial charge in [0, 0.05) is 5.02 Å². The third-order valence-corrected chi connectivity index (χ3v) is 3.12. The van der Waals surface area contributed by atoms with Gasteiger partial charge in [-0.15, -0.1) is 0 Å². The largest absolute Gasteiger partial charge is 0.491 e. The van der Waals surface area contributed by atoms with Crippen molar-refractivity contribution in [3.8, 4) is 5.75 Å². The Kier molecular flexibility index (Phi) is 4.46. The quantitative estimate of drug-likeness (QED) is 0.796. The summed E-state index contributed by atoms with van der Waals surface area (Å²) in [5.41, 5.74) is 0. The first-order valence-electron chi connectivity index (χ1n) is 6.15. The number of imide groups is 1. The molecule has 2 unspecified atom stereocenters. The standard InChI is InChI=1S/C13H15ClN2O4/c1-8-12(18)16(13(19)15-8)6-10(17)7-20-11-4-2-9(14)3-5-11/h2-5,8,10,17H,6-7H2,1H3,(H,15,19). The summed E-state index contributed by atoms with van der Waals surface area (Å²) in [5, 5.41) is 12.9. The monoisotopic (exact) mass is 298 g/mol. The Bertz CT molecular complexity index is 506. The van der Waals surface area contributed by atoms with Crippen LogP contribution in [-0.4, -0.2) is 47.2 Å². The fraction of sp³-hybridized carbons (Fsp3) is 0.385. The van der Waals surface area contributed by atoms with Crippen LogP contribution in [0.1, 0.15) is 6.92 Å². The maximum atomic E-state index is 11.6. The number of halogens is 1. The van der Waals surface area contributed by atoms with E-state index < -0.39 is 18.2 Å². The lowest BCUT2D eigenvalue weighted by molar-refractivity contribution is -0.128. The van der Waals surface area contributed by atoms with Crippen molar-refractivity contribution in [2.24, 2.45) is 0 Å². The highest BCUT2D eigenvalue weighted by molar-refractivity contribution is 6.30. The topological polar surface area (TPSA) is 78.9 Å². The third-order valence-electron chi connectivity index (χ3n) is 2.87. The predicted molar refractivity (Wildman–Crippen MR) is 72.7 cm³/mol. The first-order chi connectivity index (χ1) is 9.47. The zero-order valence-corrected chi connectivity index (χ0v) is 11.6. The normalized spacial score (nSPS) is 19.9. The van der Waals surface area contributed by atoms with E-state index in [1.807, 2.05) is 0 Å². The highest BCUT2D eigenvalue weighted by atomic mass is 35.5. The number of nitrogens with one attached hydrogen (secondary N) is 1. The molecule has 0 spiro atoms. The van der Waals surface area contributed by atoms with Crippen LogP contribution < -0.4 is 10.1 Å². The van der Waals surface area contributed by atoms with Crippen molar-refractivity contribution < 1.29 is 19.4 Å². The maximum Gasteiger partial charge on any atom is 0.324 e. The maximum absolute atomic E-state index is 11.6. The number of hydrogen-bond acceptors (Lipinski definition) is 4. The van der Waals surface area contributed by atoms with Gasteiger partial charge in [0.2, 0.25) is 0 Å². The number of ether oxygens (including phenoxy) is 1. The minimum atomic E-state index is -0.953. The van der Waals surface area contributed by atoms with Gasteiger partial charge < -0.3 is 15.2 Å². The van der Waals surface area contributed by atoms with Gasteiger partial charge in [0.25, 0.3) is 5.91 Å². The Balaban J connectivity index is 1.83. The van der Waals surface area contributed by atoms with Gasteiger partial charge in [-0.3, -0.25) is 9.69 Å². The molecule has 1 aliphatic heterocycles. The van der Waals surface area contributed by atoms with E-state index in [0.717, 1.165) is 4.90 Å². The van der Waals surface area contributed by atoms with Crippen molar-refractivity contribution in [2.75, 3.05) is 13.2 Å². The zero-order chi connectivity index (χ0) is 14.7. The second-order valence-corrected chi connectivity index (χ2v) is 4.98. The molecule has 20 heavy (non-hydrogen) atoms. The lowest BCUT2D eigenvalue weighted by Gasteiger charge is -2.18. The van der Waals surface area contributed by atoms with Crippen molar-refractivity contribution in [3.05, 3.63) is 29.3 Å². The summed E-state index contributed by atoms with van der Waals surface area (Å²) >= 11 is 5.74.